The fourth-order valence-corrected chi connectivity index (χ4v) is 2.51. The van der Waals surface area contributed by atoms with Crippen molar-refractivity contribution in [2.75, 3.05) is 5.32 Å². The first-order valence-corrected chi connectivity index (χ1v) is 7.38. The zero-order valence-electron chi connectivity index (χ0n) is 13.4. The van der Waals surface area contributed by atoms with E-state index in [4.69, 9.17) is 9.47 Å². The molecule has 1 aliphatic heterocycles. The lowest BCUT2D eigenvalue weighted by molar-refractivity contribution is -0.383. The van der Waals surface area contributed by atoms with Crippen molar-refractivity contribution in [3.05, 3.63) is 58.3 Å². The van der Waals surface area contributed by atoms with Crippen molar-refractivity contribution in [2.45, 2.75) is 19.6 Å². The summed E-state index contributed by atoms with van der Waals surface area (Å²) in [5, 5.41) is 15.0. The molecule has 2 aromatic carbocycles. The van der Waals surface area contributed by atoms with Gasteiger partial charge in [-0.05, 0) is 12.1 Å². The number of ether oxygens (including phenoxy) is 2. The van der Waals surface area contributed by atoms with Gasteiger partial charge in [0.2, 0.25) is 0 Å². The highest BCUT2D eigenvalue weighted by atomic mass is 16.7. The third-order valence-corrected chi connectivity index (χ3v) is 3.58. The van der Waals surface area contributed by atoms with Crippen molar-refractivity contribution < 1.29 is 24.0 Å². The standard InChI is InChI=1S/C17H14N2O6/c1-17(2)24-15(20)12(16(21)25-17)9-18-13-7-3-6-11-10(13)5-4-8-14(11)19(22)23/h3-9,18H,1-2H3. The third kappa shape index (κ3) is 3.14. The van der Waals surface area contributed by atoms with Gasteiger partial charge in [0, 0.05) is 37.2 Å². The molecule has 8 nitrogen and oxygen atoms in total. The monoisotopic (exact) mass is 342 g/mol. The molecule has 0 unspecified atom stereocenters. The van der Waals surface area contributed by atoms with E-state index in [1.54, 1.807) is 30.3 Å². The number of nitrogens with one attached hydrogen (secondary N) is 1. The number of carbonyl (C=O) groups excluding carboxylic acids is 2. The summed E-state index contributed by atoms with van der Waals surface area (Å²) in [6.07, 6.45) is 1.17. The van der Waals surface area contributed by atoms with Crippen molar-refractivity contribution in [3.8, 4) is 0 Å². The molecular formula is C17H14N2O6. The first kappa shape index (κ1) is 16.4. The predicted octanol–water partition coefficient (Wildman–Crippen LogP) is 2.88. The number of fused-ring (bicyclic) bond motifs is 1. The molecule has 0 bridgehead atoms. The molecule has 1 fully saturated rings. The van der Waals surface area contributed by atoms with Gasteiger partial charge in [-0.3, -0.25) is 10.1 Å². The number of rotatable bonds is 3. The smallest absolute Gasteiger partial charge is 0.350 e. The predicted molar refractivity (Wildman–Crippen MR) is 88.6 cm³/mol. The van der Waals surface area contributed by atoms with Crippen molar-refractivity contribution in [2.24, 2.45) is 0 Å². The van der Waals surface area contributed by atoms with Crippen LogP contribution in [-0.2, 0) is 19.1 Å². The Morgan fingerprint density at radius 2 is 1.64 bits per heavy atom. The molecule has 0 saturated carbocycles. The number of non-ortho nitro benzene ring substituents is 1. The molecule has 1 aliphatic rings. The summed E-state index contributed by atoms with van der Waals surface area (Å²) in [4.78, 5) is 34.5. The molecule has 0 amide bonds. The van der Waals surface area contributed by atoms with Gasteiger partial charge in [-0.25, -0.2) is 9.59 Å². The molecule has 0 aliphatic carbocycles. The molecule has 1 N–H and O–H groups in total. The lowest BCUT2D eigenvalue weighted by Crippen LogP contribution is -2.42. The van der Waals surface area contributed by atoms with Gasteiger partial charge in [0.1, 0.15) is 0 Å². The molecule has 0 atom stereocenters. The molecular weight excluding hydrogens is 328 g/mol. The largest absolute Gasteiger partial charge is 0.419 e. The quantitative estimate of drug-likeness (QED) is 0.300. The molecule has 3 rings (SSSR count). The summed E-state index contributed by atoms with van der Waals surface area (Å²) in [5.41, 5.74) is 0.174. The zero-order chi connectivity index (χ0) is 18.2. The van der Waals surface area contributed by atoms with E-state index >= 15 is 0 Å². The number of carbonyl (C=O) groups is 2. The second-order valence-corrected chi connectivity index (χ2v) is 5.82. The first-order chi connectivity index (χ1) is 11.8. The first-order valence-electron chi connectivity index (χ1n) is 7.38. The summed E-state index contributed by atoms with van der Waals surface area (Å²) in [6, 6.07) is 9.59. The number of benzene rings is 2. The Labute approximate surface area is 142 Å². The van der Waals surface area contributed by atoms with Crippen LogP contribution >= 0.6 is 0 Å². The van der Waals surface area contributed by atoms with Crippen LogP contribution in [0.25, 0.3) is 10.8 Å². The normalized spacial score (nSPS) is 16.2. The van der Waals surface area contributed by atoms with E-state index in [9.17, 15) is 19.7 Å². The highest BCUT2D eigenvalue weighted by Gasteiger charge is 2.38. The van der Waals surface area contributed by atoms with Gasteiger partial charge >= 0.3 is 11.9 Å². The average Bonchev–Trinajstić information content (AvgIpc) is 2.52. The lowest BCUT2D eigenvalue weighted by Gasteiger charge is -2.29. The van der Waals surface area contributed by atoms with Crippen LogP contribution in [0.15, 0.2) is 48.2 Å². The van der Waals surface area contributed by atoms with Gasteiger partial charge in [0.15, 0.2) is 5.57 Å². The second-order valence-electron chi connectivity index (χ2n) is 5.82. The van der Waals surface area contributed by atoms with Crippen LogP contribution < -0.4 is 5.32 Å². The third-order valence-electron chi connectivity index (χ3n) is 3.58. The Hall–Kier alpha value is -3.42. The van der Waals surface area contributed by atoms with Crippen molar-refractivity contribution in [1.29, 1.82) is 0 Å². The number of nitrogens with zero attached hydrogens (tertiary/aromatic N) is 1. The number of hydrogen-bond donors (Lipinski definition) is 1. The zero-order valence-corrected chi connectivity index (χ0v) is 13.4. The number of cyclic esters (lactones) is 2. The van der Waals surface area contributed by atoms with Crippen LogP contribution in [0.1, 0.15) is 13.8 Å². The van der Waals surface area contributed by atoms with Crippen LogP contribution in [0.4, 0.5) is 11.4 Å². The second kappa shape index (κ2) is 5.90. The van der Waals surface area contributed by atoms with Gasteiger partial charge in [-0.1, -0.05) is 18.2 Å². The van der Waals surface area contributed by atoms with Crippen LogP contribution in [0, 0.1) is 10.1 Å². The van der Waals surface area contributed by atoms with E-state index in [2.05, 4.69) is 5.32 Å². The molecule has 1 heterocycles. The van der Waals surface area contributed by atoms with Crippen LogP contribution in [0.3, 0.4) is 0 Å². The number of hydrogen-bond acceptors (Lipinski definition) is 7. The molecule has 0 aromatic heterocycles. The fourth-order valence-electron chi connectivity index (χ4n) is 2.51. The van der Waals surface area contributed by atoms with Gasteiger partial charge < -0.3 is 14.8 Å². The maximum Gasteiger partial charge on any atom is 0.350 e. The molecule has 25 heavy (non-hydrogen) atoms. The lowest BCUT2D eigenvalue weighted by atomic mass is 10.1. The Morgan fingerprint density at radius 1 is 1.04 bits per heavy atom. The minimum atomic E-state index is -1.31. The SMILES string of the molecule is CC1(C)OC(=O)C(=CNc2cccc3c([N+](=O)[O-])cccc23)C(=O)O1. The van der Waals surface area contributed by atoms with Crippen molar-refractivity contribution in [1.82, 2.24) is 0 Å². The Morgan fingerprint density at radius 3 is 2.28 bits per heavy atom. The van der Waals surface area contributed by atoms with Gasteiger partial charge in [-0.15, -0.1) is 0 Å². The van der Waals surface area contributed by atoms with E-state index in [-0.39, 0.29) is 11.3 Å². The number of esters is 2. The molecule has 128 valence electrons. The Kier molecular flexibility index (Phi) is 3.88. The van der Waals surface area contributed by atoms with E-state index in [1.165, 1.54) is 26.1 Å². The summed E-state index contributed by atoms with van der Waals surface area (Å²) in [5.74, 6) is -2.93. The number of nitro groups is 1. The highest BCUT2D eigenvalue weighted by molar-refractivity contribution is 6.15. The molecule has 8 heteroatoms. The molecule has 0 radical (unpaired) electrons. The van der Waals surface area contributed by atoms with E-state index in [1.807, 2.05) is 0 Å². The van der Waals surface area contributed by atoms with E-state index < -0.39 is 22.6 Å². The minimum Gasteiger partial charge on any atom is -0.419 e. The number of anilines is 1. The Balaban J connectivity index is 1.97. The van der Waals surface area contributed by atoms with Gasteiger partial charge in [0.05, 0.1) is 10.3 Å². The van der Waals surface area contributed by atoms with Crippen molar-refractivity contribution >= 4 is 34.1 Å². The van der Waals surface area contributed by atoms with E-state index in [0.717, 1.165) is 0 Å². The fraction of sp³-hybridized carbons (Fsp3) is 0.176. The van der Waals surface area contributed by atoms with E-state index in [0.29, 0.717) is 16.5 Å². The summed E-state index contributed by atoms with van der Waals surface area (Å²) in [7, 11) is 0. The average molecular weight is 342 g/mol. The summed E-state index contributed by atoms with van der Waals surface area (Å²) in [6.45, 7) is 2.91. The van der Waals surface area contributed by atoms with Crippen LogP contribution in [-0.4, -0.2) is 22.6 Å². The molecule has 2 aromatic rings. The maximum absolute atomic E-state index is 11.9. The topological polar surface area (TPSA) is 108 Å². The molecule has 0 spiro atoms. The highest BCUT2D eigenvalue weighted by Crippen LogP contribution is 2.31. The summed E-state index contributed by atoms with van der Waals surface area (Å²) < 4.78 is 10.0. The minimum absolute atomic E-state index is 0.0351. The van der Waals surface area contributed by atoms with Gasteiger partial charge in [-0.2, -0.15) is 0 Å². The van der Waals surface area contributed by atoms with Crippen LogP contribution in [0.5, 0.6) is 0 Å². The number of nitro benzene ring substituents is 1. The summed E-state index contributed by atoms with van der Waals surface area (Å²) >= 11 is 0. The maximum atomic E-state index is 11.9. The van der Waals surface area contributed by atoms with Crippen molar-refractivity contribution in [3.63, 3.8) is 0 Å². The van der Waals surface area contributed by atoms with Gasteiger partial charge in [0.25, 0.3) is 11.5 Å². The Bertz CT molecular complexity index is 910. The molecule has 1 saturated heterocycles. The van der Waals surface area contributed by atoms with Crippen LogP contribution in [0.2, 0.25) is 0 Å².